The van der Waals surface area contributed by atoms with E-state index in [0.29, 0.717) is 0 Å². The van der Waals surface area contributed by atoms with Crippen LogP contribution in [0.5, 0.6) is 0 Å². The van der Waals surface area contributed by atoms with Crippen LogP contribution in [-0.2, 0) is 0 Å². The zero-order valence-electron chi connectivity index (χ0n) is 34.9. The molecule has 4 bridgehead atoms. The van der Waals surface area contributed by atoms with E-state index in [0.717, 1.165) is 17.1 Å². The van der Waals surface area contributed by atoms with Crippen molar-refractivity contribution in [1.82, 2.24) is 4.98 Å². The van der Waals surface area contributed by atoms with Crippen molar-refractivity contribution in [2.75, 3.05) is 30.5 Å². The summed E-state index contributed by atoms with van der Waals surface area (Å²) in [6.07, 6.45) is 8.80. The summed E-state index contributed by atoms with van der Waals surface area (Å²) in [7, 11) is 2.12. The van der Waals surface area contributed by atoms with Crippen LogP contribution in [0, 0.1) is 0 Å². The molecule has 0 aliphatic carbocycles. The molecule has 0 spiro atoms. The molecule has 1 aromatic heterocycles. The van der Waals surface area contributed by atoms with E-state index in [9.17, 15) is 0 Å². The Kier molecular flexibility index (Phi) is 12.7. The highest BCUT2D eigenvalue weighted by molar-refractivity contribution is 7.99. The van der Waals surface area contributed by atoms with Gasteiger partial charge in [-0.1, -0.05) is 124 Å². The van der Waals surface area contributed by atoms with Gasteiger partial charge in [0.1, 0.15) is 0 Å². The number of benzene rings is 5. The van der Waals surface area contributed by atoms with Crippen molar-refractivity contribution in [3.05, 3.63) is 144 Å². The van der Waals surface area contributed by atoms with E-state index in [1.165, 1.54) is 89.0 Å². The number of nitrogens with zero attached hydrogens (tertiary/aromatic N) is 2. The van der Waals surface area contributed by atoms with Gasteiger partial charge in [-0.3, -0.25) is 0 Å². The quantitative estimate of drug-likeness (QED) is 0.0851. The third-order valence-electron chi connectivity index (χ3n) is 10.5. The Balaban J connectivity index is 1.19. The van der Waals surface area contributed by atoms with Crippen LogP contribution < -0.4 is 4.90 Å². The lowest BCUT2D eigenvalue weighted by molar-refractivity contribution is 1.11. The molecule has 6 aromatic rings. The average Bonchev–Trinajstić information content (AvgIpc) is 3.22. The summed E-state index contributed by atoms with van der Waals surface area (Å²) >= 11 is 3.97. The largest absolute Gasteiger partial charge is 0.378 e. The number of thioether (sulfide) groups is 2. The summed E-state index contributed by atoms with van der Waals surface area (Å²) in [5.74, 6) is 2.40. The number of aromatic nitrogens is 1. The lowest BCUT2D eigenvalue weighted by Crippen LogP contribution is -2.19. The Labute approximate surface area is 352 Å². The molecule has 290 valence electrons. The van der Waals surface area contributed by atoms with Crippen molar-refractivity contribution in [2.24, 2.45) is 0 Å². The molecule has 0 radical (unpaired) electrons. The Hall–Kier alpha value is -4.34. The van der Waals surface area contributed by atoms with E-state index in [2.05, 4.69) is 204 Å². The predicted molar refractivity (Wildman–Crippen MR) is 262 cm³/mol. The SMILES string of the molecule is CN(C)c1cc2nc(c1)/C=C\c1cc(-c3ccc(-c4ccc(SCC[Si](C)(C)C)cc4)cc3)c(cc1-c1ccc(-c3ccc(SCC[Si](C)(C)C)cc3)cc1)/C=C\2. The maximum absolute atomic E-state index is 4.99. The molecular formula is C51H56N2S2Si2. The molecule has 0 atom stereocenters. The van der Waals surface area contributed by atoms with E-state index in [-0.39, 0.29) is 0 Å². The maximum Gasteiger partial charge on any atom is 0.0657 e. The van der Waals surface area contributed by atoms with Gasteiger partial charge in [-0.25, -0.2) is 4.98 Å². The van der Waals surface area contributed by atoms with Crippen LogP contribution in [0.2, 0.25) is 51.4 Å². The van der Waals surface area contributed by atoms with E-state index in [1.807, 2.05) is 23.5 Å². The van der Waals surface area contributed by atoms with E-state index >= 15 is 0 Å². The highest BCUT2D eigenvalue weighted by Crippen LogP contribution is 2.38. The number of rotatable bonds is 13. The van der Waals surface area contributed by atoms with Gasteiger partial charge in [0, 0.05) is 45.7 Å². The van der Waals surface area contributed by atoms with Gasteiger partial charge in [-0.15, -0.1) is 23.5 Å². The van der Waals surface area contributed by atoms with Gasteiger partial charge in [0.25, 0.3) is 0 Å². The zero-order valence-corrected chi connectivity index (χ0v) is 38.5. The molecule has 0 amide bonds. The number of anilines is 1. The summed E-state index contributed by atoms with van der Waals surface area (Å²) in [4.78, 5) is 9.84. The minimum Gasteiger partial charge on any atom is -0.378 e. The topological polar surface area (TPSA) is 16.1 Å². The van der Waals surface area contributed by atoms with Gasteiger partial charge >= 0.3 is 0 Å². The molecule has 2 aliphatic rings. The molecule has 2 nitrogen and oxygen atoms in total. The van der Waals surface area contributed by atoms with Crippen molar-refractivity contribution in [3.63, 3.8) is 0 Å². The van der Waals surface area contributed by atoms with E-state index in [1.54, 1.807) is 0 Å². The van der Waals surface area contributed by atoms with Crippen LogP contribution in [0.3, 0.4) is 0 Å². The summed E-state index contributed by atoms with van der Waals surface area (Å²) in [6, 6.07) is 48.1. The second kappa shape index (κ2) is 17.7. The summed E-state index contributed by atoms with van der Waals surface area (Å²) in [6.45, 7) is 14.7. The van der Waals surface area contributed by atoms with Gasteiger partial charge < -0.3 is 4.90 Å². The van der Waals surface area contributed by atoms with Crippen LogP contribution in [-0.4, -0.2) is 46.7 Å². The van der Waals surface area contributed by atoms with Crippen LogP contribution in [0.25, 0.3) is 68.8 Å². The second-order valence-electron chi connectivity index (χ2n) is 17.8. The molecule has 0 saturated carbocycles. The lowest BCUT2D eigenvalue weighted by atomic mass is 9.89. The highest BCUT2D eigenvalue weighted by atomic mass is 32.2. The van der Waals surface area contributed by atoms with Crippen molar-refractivity contribution in [2.45, 2.75) is 61.2 Å². The third kappa shape index (κ3) is 11.0. The monoisotopic (exact) mass is 816 g/mol. The molecule has 0 fully saturated rings. The molecule has 8 rings (SSSR count). The summed E-state index contributed by atoms with van der Waals surface area (Å²) in [5, 5.41) is 0. The van der Waals surface area contributed by atoms with Crippen molar-refractivity contribution >= 4 is 69.7 Å². The molecule has 3 heterocycles. The molecule has 57 heavy (non-hydrogen) atoms. The zero-order chi connectivity index (χ0) is 40.2. The lowest BCUT2D eigenvalue weighted by Gasteiger charge is -2.15. The van der Waals surface area contributed by atoms with Gasteiger partial charge in [-0.05, 0) is 140 Å². The van der Waals surface area contributed by atoms with Crippen LogP contribution >= 0.6 is 23.5 Å². The molecule has 2 aliphatic heterocycles. The smallest absolute Gasteiger partial charge is 0.0657 e. The van der Waals surface area contributed by atoms with Crippen molar-refractivity contribution < 1.29 is 0 Å². The number of hydrogen-bond acceptors (Lipinski definition) is 4. The van der Waals surface area contributed by atoms with Gasteiger partial charge in [0.2, 0.25) is 0 Å². The fourth-order valence-corrected chi connectivity index (χ4v) is 13.7. The Bertz CT molecular complexity index is 2200. The molecule has 6 heteroatoms. The number of fused-ring (bicyclic) bond motifs is 2. The number of pyridine rings is 1. The normalized spacial score (nSPS) is 13.6. The minimum absolute atomic E-state index is 0.945. The predicted octanol–water partition coefficient (Wildman–Crippen LogP) is 15.3. The highest BCUT2D eigenvalue weighted by Gasteiger charge is 2.16. The first-order chi connectivity index (χ1) is 27.3. The van der Waals surface area contributed by atoms with Crippen molar-refractivity contribution in [3.8, 4) is 44.5 Å². The first-order valence-electron chi connectivity index (χ1n) is 20.2. The van der Waals surface area contributed by atoms with Gasteiger partial charge in [-0.2, -0.15) is 0 Å². The molecular weight excluding hydrogens is 761 g/mol. The standard InChI is InChI=1S/C51H56N2S2Si2/c1-53(2)47-35-45-23-17-43-34-51(42-15-11-38(12-16-42)40-21-27-49(28-22-40)55-30-32-57(6,7)8)44(18-24-46(36-47)52-45)33-50(43)41-13-9-37(10-14-41)39-19-25-48(26-20-39)54-29-31-56(3,4)5/h9-28,33-36H,29-32H2,1-8H3/b23-17-,24-18-. The van der Waals surface area contributed by atoms with Crippen LogP contribution in [0.4, 0.5) is 5.69 Å². The minimum atomic E-state index is -1.02. The molecule has 0 saturated heterocycles. The fraction of sp³-hybridized carbons (Fsp3) is 0.235. The van der Waals surface area contributed by atoms with Gasteiger partial charge in [0.05, 0.1) is 11.4 Å². The van der Waals surface area contributed by atoms with Crippen LogP contribution in [0.15, 0.2) is 131 Å². The Morgan fingerprint density at radius 3 is 1.11 bits per heavy atom. The number of hydrogen-bond donors (Lipinski definition) is 0. The van der Waals surface area contributed by atoms with E-state index in [4.69, 9.17) is 4.98 Å². The first kappa shape index (κ1) is 40.8. The second-order valence-corrected chi connectivity index (χ2v) is 31.4. The van der Waals surface area contributed by atoms with Crippen LogP contribution in [0.1, 0.15) is 22.5 Å². The Morgan fingerprint density at radius 2 is 0.772 bits per heavy atom. The molecule has 5 aromatic carbocycles. The molecule has 0 N–H and O–H groups in total. The molecule has 0 unspecified atom stereocenters. The third-order valence-corrected chi connectivity index (χ3v) is 16.7. The summed E-state index contributed by atoms with van der Waals surface area (Å²) < 4.78 is 0. The van der Waals surface area contributed by atoms with Crippen molar-refractivity contribution in [1.29, 1.82) is 0 Å². The summed E-state index contributed by atoms with van der Waals surface area (Å²) in [5.41, 5.74) is 15.1. The van der Waals surface area contributed by atoms with Gasteiger partial charge in [0.15, 0.2) is 0 Å². The first-order valence-corrected chi connectivity index (χ1v) is 29.6. The van der Waals surface area contributed by atoms with E-state index < -0.39 is 16.1 Å². The maximum atomic E-state index is 4.99. The fourth-order valence-electron chi connectivity index (χ4n) is 6.87. The Morgan fingerprint density at radius 1 is 0.439 bits per heavy atom. The average molecular weight is 817 g/mol.